The lowest BCUT2D eigenvalue weighted by molar-refractivity contribution is -0.143. The van der Waals surface area contributed by atoms with E-state index in [2.05, 4.69) is 4.98 Å². The summed E-state index contributed by atoms with van der Waals surface area (Å²) < 4.78 is 101. The zero-order valence-corrected chi connectivity index (χ0v) is 21.2. The highest BCUT2D eigenvalue weighted by Crippen LogP contribution is 2.46. The summed E-state index contributed by atoms with van der Waals surface area (Å²) in [6, 6.07) is 10.3. The van der Waals surface area contributed by atoms with Crippen LogP contribution in [0.15, 0.2) is 67.0 Å². The van der Waals surface area contributed by atoms with Crippen molar-refractivity contribution in [3.8, 4) is 0 Å². The Morgan fingerprint density at radius 2 is 1.60 bits per heavy atom. The Morgan fingerprint density at radius 1 is 0.950 bits per heavy atom. The van der Waals surface area contributed by atoms with Gasteiger partial charge in [-0.25, -0.2) is 4.39 Å². The van der Waals surface area contributed by atoms with Crippen molar-refractivity contribution < 1.29 is 40.3 Å². The van der Waals surface area contributed by atoms with Gasteiger partial charge in [0, 0.05) is 37.3 Å². The number of piperidine rings is 1. The molecule has 212 valence electrons. The Balaban J connectivity index is 1.49. The van der Waals surface area contributed by atoms with Crippen molar-refractivity contribution in [3.63, 3.8) is 0 Å². The van der Waals surface area contributed by atoms with Crippen LogP contribution in [-0.4, -0.2) is 34.5 Å². The third kappa shape index (κ3) is 5.70. The Morgan fingerprint density at radius 3 is 2.17 bits per heavy atom. The highest BCUT2D eigenvalue weighted by Gasteiger charge is 2.49. The first-order chi connectivity index (χ1) is 18.8. The van der Waals surface area contributed by atoms with Gasteiger partial charge in [0.2, 0.25) is 5.91 Å². The fourth-order valence-corrected chi connectivity index (χ4v) is 5.82. The van der Waals surface area contributed by atoms with E-state index >= 15 is 0 Å². The van der Waals surface area contributed by atoms with Gasteiger partial charge < -0.3 is 9.64 Å². The largest absolute Gasteiger partial charge is 0.416 e. The molecule has 0 saturated carbocycles. The van der Waals surface area contributed by atoms with E-state index < -0.39 is 47.4 Å². The number of alkyl halides is 6. The summed E-state index contributed by atoms with van der Waals surface area (Å²) in [5.41, 5.74) is -1.60. The molecule has 3 heterocycles. The van der Waals surface area contributed by atoms with Crippen LogP contribution in [0, 0.1) is 5.82 Å². The molecule has 0 spiro atoms. The van der Waals surface area contributed by atoms with Gasteiger partial charge in [-0.05, 0) is 72.4 Å². The van der Waals surface area contributed by atoms with Gasteiger partial charge in [-0.1, -0.05) is 18.2 Å². The fourth-order valence-electron chi connectivity index (χ4n) is 5.82. The molecule has 2 aliphatic heterocycles. The third-order valence-electron chi connectivity index (χ3n) is 7.73. The number of aromatic nitrogens is 1. The Hall–Kier alpha value is -3.47. The number of pyridine rings is 1. The second-order valence-electron chi connectivity index (χ2n) is 10.3. The SMILES string of the molecule is C[C@@H](O[C@H]1CN2C(=O)CC(c3cccnc3)CC2C1c1ccc(F)cc1)c1cc(C(F)(F)F)cc(C(F)(F)F)c1. The van der Waals surface area contributed by atoms with Crippen molar-refractivity contribution in [1.82, 2.24) is 9.88 Å². The van der Waals surface area contributed by atoms with Crippen LogP contribution in [0.3, 0.4) is 0 Å². The lowest BCUT2D eigenvalue weighted by Crippen LogP contribution is -2.43. The number of hydrogen-bond donors (Lipinski definition) is 0. The molecule has 1 aromatic heterocycles. The molecule has 2 saturated heterocycles. The minimum absolute atomic E-state index is 0.0740. The van der Waals surface area contributed by atoms with Gasteiger partial charge in [-0.3, -0.25) is 9.78 Å². The number of fused-ring (bicyclic) bond motifs is 1. The summed E-state index contributed by atoms with van der Waals surface area (Å²) in [5, 5.41) is 0. The van der Waals surface area contributed by atoms with E-state index in [9.17, 15) is 35.5 Å². The van der Waals surface area contributed by atoms with Gasteiger partial charge in [-0.2, -0.15) is 26.3 Å². The second-order valence-corrected chi connectivity index (χ2v) is 10.3. The number of halogens is 7. The van der Waals surface area contributed by atoms with Gasteiger partial charge in [-0.15, -0.1) is 0 Å². The average molecular weight is 567 g/mol. The number of carbonyl (C=O) groups is 1. The van der Waals surface area contributed by atoms with Gasteiger partial charge in [0.1, 0.15) is 5.82 Å². The highest BCUT2D eigenvalue weighted by atomic mass is 19.4. The molecular weight excluding hydrogens is 541 g/mol. The third-order valence-corrected chi connectivity index (χ3v) is 7.73. The minimum Gasteiger partial charge on any atom is -0.368 e. The molecule has 4 nitrogen and oxygen atoms in total. The molecular formula is C29H25F7N2O2. The lowest BCUT2D eigenvalue weighted by atomic mass is 9.79. The van der Waals surface area contributed by atoms with Crippen LogP contribution in [0.1, 0.15) is 65.5 Å². The number of hydrogen-bond acceptors (Lipinski definition) is 3. The van der Waals surface area contributed by atoms with E-state index in [0.717, 1.165) is 5.56 Å². The maximum absolute atomic E-state index is 13.8. The first-order valence-electron chi connectivity index (χ1n) is 12.7. The van der Waals surface area contributed by atoms with E-state index in [1.54, 1.807) is 35.5 Å². The zero-order valence-electron chi connectivity index (χ0n) is 21.2. The maximum atomic E-state index is 13.8. The summed E-state index contributed by atoms with van der Waals surface area (Å²) in [5.74, 6) is -1.24. The van der Waals surface area contributed by atoms with Crippen molar-refractivity contribution >= 4 is 5.91 Å². The molecule has 0 bridgehead atoms. The van der Waals surface area contributed by atoms with Crippen LogP contribution in [-0.2, 0) is 21.9 Å². The standard InChI is InChI=1S/C29H25F7N2O2/c1-16(19-9-21(28(31,32)33)13-22(10-19)29(34,35)36)40-25-15-38-24(27(25)17-4-6-23(30)7-5-17)11-20(12-26(38)39)18-3-2-8-37-14-18/h2-10,13-14,16,20,24-25,27H,11-12,15H2,1H3/t16-,20?,24?,25+,27?/m1/s1. The fraction of sp³-hybridized carbons (Fsp3) is 0.379. The van der Waals surface area contributed by atoms with Crippen molar-refractivity contribution in [3.05, 3.63) is 101 Å². The van der Waals surface area contributed by atoms with Crippen LogP contribution in [0.4, 0.5) is 30.7 Å². The maximum Gasteiger partial charge on any atom is 0.416 e. The molecule has 2 aromatic carbocycles. The normalized spacial score (nSPS) is 24.2. The molecule has 1 amide bonds. The molecule has 3 unspecified atom stereocenters. The highest BCUT2D eigenvalue weighted by molar-refractivity contribution is 5.79. The van der Waals surface area contributed by atoms with Crippen LogP contribution >= 0.6 is 0 Å². The molecule has 11 heteroatoms. The number of nitrogens with zero attached hydrogens (tertiary/aromatic N) is 2. The van der Waals surface area contributed by atoms with E-state index in [-0.39, 0.29) is 42.5 Å². The predicted octanol–water partition coefficient (Wildman–Crippen LogP) is 7.28. The van der Waals surface area contributed by atoms with Crippen LogP contribution < -0.4 is 0 Å². The monoisotopic (exact) mass is 566 g/mol. The molecule has 2 aliphatic rings. The predicted molar refractivity (Wildman–Crippen MR) is 131 cm³/mol. The van der Waals surface area contributed by atoms with E-state index in [1.165, 1.54) is 19.1 Å². The molecule has 3 aromatic rings. The smallest absolute Gasteiger partial charge is 0.368 e. The Kier molecular flexibility index (Phi) is 7.37. The van der Waals surface area contributed by atoms with Gasteiger partial charge in [0.25, 0.3) is 0 Å². The van der Waals surface area contributed by atoms with Gasteiger partial charge in [0.15, 0.2) is 0 Å². The number of rotatable bonds is 5. The Bertz CT molecular complexity index is 1330. The van der Waals surface area contributed by atoms with E-state index in [0.29, 0.717) is 24.1 Å². The molecule has 40 heavy (non-hydrogen) atoms. The Labute approximate surface area is 225 Å². The second kappa shape index (κ2) is 10.5. The number of ether oxygens (including phenoxy) is 1. The summed E-state index contributed by atoms with van der Waals surface area (Å²) >= 11 is 0. The minimum atomic E-state index is -4.99. The summed E-state index contributed by atoms with van der Waals surface area (Å²) in [6.07, 6.45) is -7.83. The van der Waals surface area contributed by atoms with Crippen LogP contribution in [0.5, 0.6) is 0 Å². The van der Waals surface area contributed by atoms with Gasteiger partial charge >= 0.3 is 12.4 Å². The molecule has 2 fully saturated rings. The van der Waals surface area contributed by atoms with Crippen molar-refractivity contribution in [2.24, 2.45) is 0 Å². The van der Waals surface area contributed by atoms with Crippen molar-refractivity contribution in [2.45, 2.75) is 62.2 Å². The molecule has 0 aliphatic carbocycles. The van der Waals surface area contributed by atoms with Crippen molar-refractivity contribution in [2.75, 3.05) is 6.54 Å². The van der Waals surface area contributed by atoms with Gasteiger partial charge in [0.05, 0.1) is 23.3 Å². The van der Waals surface area contributed by atoms with E-state index in [4.69, 9.17) is 4.74 Å². The summed E-state index contributed by atoms with van der Waals surface area (Å²) in [6.45, 7) is 1.48. The van der Waals surface area contributed by atoms with Crippen LogP contribution in [0.2, 0.25) is 0 Å². The summed E-state index contributed by atoms with van der Waals surface area (Å²) in [7, 11) is 0. The average Bonchev–Trinajstić information content (AvgIpc) is 3.26. The van der Waals surface area contributed by atoms with Crippen LogP contribution in [0.25, 0.3) is 0 Å². The molecule has 5 atom stereocenters. The molecule has 0 radical (unpaired) electrons. The lowest BCUT2D eigenvalue weighted by Gasteiger charge is -2.37. The first kappa shape index (κ1) is 28.1. The van der Waals surface area contributed by atoms with E-state index in [1.807, 2.05) is 6.07 Å². The van der Waals surface area contributed by atoms with Crippen molar-refractivity contribution in [1.29, 1.82) is 0 Å². The number of carbonyl (C=O) groups excluding carboxylic acids is 1. The number of benzene rings is 2. The topological polar surface area (TPSA) is 42.4 Å². The zero-order chi connectivity index (χ0) is 28.8. The molecule has 5 rings (SSSR count). The quantitative estimate of drug-likeness (QED) is 0.305. The number of amides is 1. The first-order valence-corrected chi connectivity index (χ1v) is 12.7. The summed E-state index contributed by atoms with van der Waals surface area (Å²) in [4.78, 5) is 19.0. The molecule has 0 N–H and O–H groups in total.